The van der Waals surface area contributed by atoms with Gasteiger partial charge in [0.1, 0.15) is 0 Å². The zero-order chi connectivity index (χ0) is 17.8. The van der Waals surface area contributed by atoms with Crippen LogP contribution in [0.25, 0.3) is 0 Å². The fourth-order valence-corrected chi connectivity index (χ4v) is 3.73. The fraction of sp³-hybridized carbons (Fsp3) is 0.350. The van der Waals surface area contributed by atoms with Gasteiger partial charge in [-0.05, 0) is 54.5 Å². The Morgan fingerprint density at radius 1 is 1.16 bits per heavy atom. The van der Waals surface area contributed by atoms with E-state index < -0.39 is 0 Å². The lowest BCUT2D eigenvalue weighted by Crippen LogP contribution is -2.36. The van der Waals surface area contributed by atoms with Crippen molar-refractivity contribution < 1.29 is 9.90 Å². The maximum atomic E-state index is 13.0. The van der Waals surface area contributed by atoms with E-state index in [9.17, 15) is 9.90 Å². The summed E-state index contributed by atoms with van der Waals surface area (Å²) in [7, 11) is 0. The molecule has 1 aliphatic heterocycles. The Balaban J connectivity index is 1.81. The van der Waals surface area contributed by atoms with Crippen LogP contribution in [-0.4, -0.2) is 24.2 Å². The van der Waals surface area contributed by atoms with E-state index in [0.29, 0.717) is 22.9 Å². The van der Waals surface area contributed by atoms with Gasteiger partial charge < -0.3 is 10.0 Å². The monoisotopic (exact) mass is 377 g/mol. The van der Waals surface area contributed by atoms with Gasteiger partial charge in [0, 0.05) is 25.3 Å². The van der Waals surface area contributed by atoms with Crippen molar-refractivity contribution in [2.24, 2.45) is 0 Å². The number of para-hydroxylation sites is 1. The van der Waals surface area contributed by atoms with Crippen molar-refractivity contribution in [2.45, 2.75) is 31.6 Å². The molecule has 25 heavy (non-hydrogen) atoms. The number of benzene rings is 2. The van der Waals surface area contributed by atoms with Crippen LogP contribution in [0, 0.1) is 0 Å². The van der Waals surface area contributed by atoms with Gasteiger partial charge in [0.15, 0.2) is 0 Å². The first-order valence-corrected chi connectivity index (χ1v) is 9.30. The molecular formula is C20H21Cl2NO2. The predicted octanol–water partition coefficient (Wildman–Crippen LogP) is 4.83. The molecule has 0 bridgehead atoms. The van der Waals surface area contributed by atoms with Crippen molar-refractivity contribution in [3.8, 4) is 0 Å². The lowest BCUT2D eigenvalue weighted by atomic mass is 9.91. The van der Waals surface area contributed by atoms with Crippen molar-refractivity contribution in [1.82, 2.24) is 0 Å². The highest BCUT2D eigenvalue weighted by Gasteiger charge is 2.25. The van der Waals surface area contributed by atoms with Crippen LogP contribution in [0.5, 0.6) is 0 Å². The number of hydrogen-bond donors (Lipinski definition) is 1. The molecule has 0 aromatic heterocycles. The number of amides is 1. The minimum absolute atomic E-state index is 0.0226. The number of anilines is 1. The quantitative estimate of drug-likeness (QED) is 0.810. The van der Waals surface area contributed by atoms with Gasteiger partial charge in [-0.2, -0.15) is 0 Å². The molecule has 0 saturated carbocycles. The van der Waals surface area contributed by atoms with Gasteiger partial charge >= 0.3 is 0 Å². The molecule has 0 fully saturated rings. The van der Waals surface area contributed by atoms with Gasteiger partial charge in [-0.3, -0.25) is 4.79 Å². The largest absolute Gasteiger partial charge is 0.396 e. The normalized spacial score (nSPS) is 14.9. The van der Waals surface area contributed by atoms with Crippen LogP contribution < -0.4 is 4.90 Å². The predicted molar refractivity (Wildman–Crippen MR) is 103 cm³/mol. The minimum atomic E-state index is -0.0821. The van der Waals surface area contributed by atoms with E-state index in [2.05, 4.69) is 6.07 Å². The first-order chi connectivity index (χ1) is 12.1. The molecule has 0 radical (unpaired) electrons. The summed E-state index contributed by atoms with van der Waals surface area (Å²) in [6, 6.07) is 13.5. The summed E-state index contributed by atoms with van der Waals surface area (Å²) in [6.07, 6.45) is 2.83. The summed E-state index contributed by atoms with van der Waals surface area (Å²) in [5, 5.41) is 10.4. The minimum Gasteiger partial charge on any atom is -0.396 e. The molecule has 2 aromatic carbocycles. The highest BCUT2D eigenvalue weighted by Crippen LogP contribution is 2.32. The standard InChI is InChI=1S/C20H21Cl2NO2/c21-17-8-7-15(12-18(17)22)16(9-11-24)13-20(25)23-10-3-5-14-4-1-2-6-19(14)23/h1-2,4,6-8,12,16,24H,3,5,9-11,13H2. The second kappa shape index (κ2) is 8.22. The van der Waals surface area contributed by atoms with Crippen molar-refractivity contribution in [1.29, 1.82) is 0 Å². The number of rotatable bonds is 5. The molecule has 5 heteroatoms. The molecule has 0 saturated heterocycles. The van der Waals surface area contributed by atoms with Crippen LogP contribution >= 0.6 is 23.2 Å². The molecule has 1 heterocycles. The summed E-state index contributed by atoms with van der Waals surface area (Å²) in [6.45, 7) is 0.762. The highest BCUT2D eigenvalue weighted by atomic mass is 35.5. The van der Waals surface area contributed by atoms with Crippen molar-refractivity contribution in [3.63, 3.8) is 0 Å². The Kier molecular flexibility index (Phi) is 6.00. The topological polar surface area (TPSA) is 40.5 Å². The number of carbonyl (C=O) groups excluding carboxylic acids is 1. The Hall–Kier alpha value is -1.55. The second-order valence-electron chi connectivity index (χ2n) is 6.36. The molecule has 2 aromatic rings. The lowest BCUT2D eigenvalue weighted by Gasteiger charge is -2.31. The summed E-state index contributed by atoms with van der Waals surface area (Å²) in [5.74, 6) is -0.00183. The van der Waals surface area contributed by atoms with Crippen LogP contribution in [0.2, 0.25) is 10.0 Å². The molecule has 0 aliphatic carbocycles. The van der Waals surface area contributed by atoms with Crippen LogP contribution in [0.4, 0.5) is 5.69 Å². The number of aliphatic hydroxyl groups excluding tert-OH is 1. The first kappa shape index (κ1) is 18.2. The Morgan fingerprint density at radius 3 is 2.72 bits per heavy atom. The molecule has 3 rings (SSSR count). The smallest absolute Gasteiger partial charge is 0.227 e. The molecular weight excluding hydrogens is 357 g/mol. The van der Waals surface area contributed by atoms with Crippen LogP contribution in [-0.2, 0) is 11.2 Å². The van der Waals surface area contributed by atoms with Gasteiger partial charge in [-0.1, -0.05) is 47.5 Å². The number of carbonyl (C=O) groups is 1. The molecule has 1 aliphatic rings. The maximum Gasteiger partial charge on any atom is 0.227 e. The van der Waals surface area contributed by atoms with E-state index in [1.807, 2.05) is 29.2 Å². The third-order valence-electron chi connectivity index (χ3n) is 4.72. The molecule has 0 spiro atoms. The Bertz CT molecular complexity index is 763. The van der Waals surface area contributed by atoms with Gasteiger partial charge in [0.2, 0.25) is 5.91 Å². The zero-order valence-corrected chi connectivity index (χ0v) is 15.4. The zero-order valence-electron chi connectivity index (χ0n) is 13.9. The first-order valence-electron chi connectivity index (χ1n) is 8.54. The highest BCUT2D eigenvalue weighted by molar-refractivity contribution is 6.42. The van der Waals surface area contributed by atoms with Gasteiger partial charge in [0.05, 0.1) is 10.0 Å². The number of halogens is 2. The molecule has 132 valence electrons. The van der Waals surface area contributed by atoms with E-state index >= 15 is 0 Å². The molecule has 1 amide bonds. The van der Waals surface area contributed by atoms with Crippen LogP contribution in [0.3, 0.4) is 0 Å². The number of fused-ring (bicyclic) bond motifs is 1. The lowest BCUT2D eigenvalue weighted by molar-refractivity contribution is -0.119. The maximum absolute atomic E-state index is 13.0. The molecule has 3 nitrogen and oxygen atoms in total. The third kappa shape index (κ3) is 4.17. The molecule has 1 atom stereocenters. The molecule has 1 unspecified atom stereocenters. The van der Waals surface area contributed by atoms with Gasteiger partial charge in [-0.15, -0.1) is 0 Å². The van der Waals surface area contributed by atoms with E-state index in [0.717, 1.165) is 30.6 Å². The SMILES string of the molecule is O=C(CC(CCO)c1ccc(Cl)c(Cl)c1)N1CCCc2ccccc21. The average Bonchev–Trinajstić information content (AvgIpc) is 2.63. The average molecular weight is 378 g/mol. The number of aliphatic hydroxyl groups is 1. The van der Waals surface area contributed by atoms with E-state index in [4.69, 9.17) is 23.2 Å². The third-order valence-corrected chi connectivity index (χ3v) is 5.46. The summed E-state index contributed by atoms with van der Waals surface area (Å²) < 4.78 is 0. The Morgan fingerprint density at radius 2 is 1.96 bits per heavy atom. The number of hydrogen-bond acceptors (Lipinski definition) is 2. The number of aryl methyl sites for hydroxylation is 1. The van der Waals surface area contributed by atoms with E-state index in [-0.39, 0.29) is 18.4 Å². The van der Waals surface area contributed by atoms with E-state index in [1.54, 1.807) is 12.1 Å². The Labute approximate surface area is 158 Å². The van der Waals surface area contributed by atoms with Crippen molar-refractivity contribution in [2.75, 3.05) is 18.1 Å². The van der Waals surface area contributed by atoms with Crippen molar-refractivity contribution in [3.05, 3.63) is 63.6 Å². The van der Waals surface area contributed by atoms with Crippen LogP contribution in [0.1, 0.15) is 36.3 Å². The summed E-state index contributed by atoms with van der Waals surface area (Å²) in [5.41, 5.74) is 3.16. The number of nitrogens with zero attached hydrogens (tertiary/aromatic N) is 1. The van der Waals surface area contributed by atoms with Gasteiger partial charge in [0.25, 0.3) is 0 Å². The second-order valence-corrected chi connectivity index (χ2v) is 7.18. The summed E-state index contributed by atoms with van der Waals surface area (Å²) in [4.78, 5) is 14.8. The fourth-order valence-electron chi connectivity index (χ4n) is 3.42. The van der Waals surface area contributed by atoms with E-state index in [1.165, 1.54) is 5.56 Å². The van der Waals surface area contributed by atoms with Crippen molar-refractivity contribution >= 4 is 34.8 Å². The summed E-state index contributed by atoms with van der Waals surface area (Å²) >= 11 is 12.1. The van der Waals surface area contributed by atoms with Gasteiger partial charge in [-0.25, -0.2) is 0 Å². The van der Waals surface area contributed by atoms with Crippen LogP contribution in [0.15, 0.2) is 42.5 Å². The molecule has 1 N–H and O–H groups in total.